The smallest absolute Gasteiger partial charge is 0.317 e. The van der Waals surface area contributed by atoms with Crippen LogP contribution in [0.3, 0.4) is 0 Å². The van der Waals surface area contributed by atoms with Crippen LogP contribution in [0.15, 0.2) is 24.3 Å². The minimum absolute atomic E-state index is 0.0402. The van der Waals surface area contributed by atoms with E-state index in [0.29, 0.717) is 25.6 Å². The molecule has 1 aromatic carbocycles. The van der Waals surface area contributed by atoms with E-state index in [-0.39, 0.29) is 18.0 Å². The van der Waals surface area contributed by atoms with Crippen LogP contribution in [0, 0.1) is 11.7 Å². The third-order valence-corrected chi connectivity index (χ3v) is 3.81. The van der Waals surface area contributed by atoms with Gasteiger partial charge in [-0.1, -0.05) is 12.1 Å². The summed E-state index contributed by atoms with van der Waals surface area (Å²) in [6.07, 6.45) is 2.19. The maximum atomic E-state index is 13.2. The molecule has 4 nitrogen and oxygen atoms in total. The maximum absolute atomic E-state index is 13.2. The Balaban J connectivity index is 1.59. The number of halogens is 1. The minimum atomic E-state index is -0.276. The second-order valence-corrected chi connectivity index (χ2v) is 5.49. The van der Waals surface area contributed by atoms with Crippen LogP contribution >= 0.6 is 0 Å². The van der Waals surface area contributed by atoms with E-state index in [9.17, 15) is 9.18 Å². The van der Waals surface area contributed by atoms with Crippen molar-refractivity contribution in [1.82, 2.24) is 10.2 Å². The lowest BCUT2D eigenvalue weighted by Gasteiger charge is -2.33. The summed E-state index contributed by atoms with van der Waals surface area (Å²) in [5, 5.41) is 2.96. The lowest BCUT2D eigenvalue weighted by Crippen LogP contribution is -2.47. The average Bonchev–Trinajstić information content (AvgIpc) is 3.29. The highest BCUT2D eigenvalue weighted by molar-refractivity contribution is 5.74. The van der Waals surface area contributed by atoms with Gasteiger partial charge in [-0.25, -0.2) is 9.18 Å². The molecular formula is C15H19FN2O2. The molecule has 0 radical (unpaired) electrons. The Morgan fingerprint density at radius 3 is 3.05 bits per heavy atom. The minimum Gasteiger partial charge on any atom is -0.370 e. The van der Waals surface area contributed by atoms with Gasteiger partial charge in [0, 0.05) is 13.1 Å². The Kier molecular flexibility index (Phi) is 3.87. The van der Waals surface area contributed by atoms with E-state index in [2.05, 4.69) is 5.32 Å². The lowest BCUT2D eigenvalue weighted by atomic mass is 10.1. The first-order valence-corrected chi connectivity index (χ1v) is 7.12. The second kappa shape index (κ2) is 5.79. The Morgan fingerprint density at radius 2 is 2.30 bits per heavy atom. The first kappa shape index (κ1) is 13.4. The number of hydrogen-bond donors (Lipinski definition) is 1. The monoisotopic (exact) mass is 278 g/mol. The summed E-state index contributed by atoms with van der Waals surface area (Å²) < 4.78 is 18.9. The number of benzene rings is 1. The van der Waals surface area contributed by atoms with Crippen LogP contribution in [0.2, 0.25) is 0 Å². The van der Waals surface area contributed by atoms with E-state index in [1.807, 2.05) is 6.07 Å². The molecule has 1 saturated carbocycles. The van der Waals surface area contributed by atoms with Crippen LogP contribution in [0.5, 0.6) is 0 Å². The molecule has 1 N–H and O–H groups in total. The summed E-state index contributed by atoms with van der Waals surface area (Å²) in [4.78, 5) is 13.8. The topological polar surface area (TPSA) is 41.6 Å². The van der Waals surface area contributed by atoms with Gasteiger partial charge in [-0.15, -0.1) is 0 Å². The Hall–Kier alpha value is -1.62. The second-order valence-electron chi connectivity index (χ2n) is 5.49. The fraction of sp³-hybridized carbons (Fsp3) is 0.533. The van der Waals surface area contributed by atoms with Crippen molar-refractivity contribution < 1.29 is 13.9 Å². The van der Waals surface area contributed by atoms with Crippen molar-refractivity contribution >= 4 is 6.03 Å². The van der Waals surface area contributed by atoms with Crippen molar-refractivity contribution in [2.75, 3.05) is 26.2 Å². The highest BCUT2D eigenvalue weighted by Gasteiger charge is 2.27. The van der Waals surface area contributed by atoms with Gasteiger partial charge in [0.25, 0.3) is 0 Å². The largest absolute Gasteiger partial charge is 0.370 e. The molecule has 1 heterocycles. The number of morpholine rings is 1. The SMILES string of the molecule is O=C(NCC1CC1)N1CCO[C@@H](c2cccc(F)c2)C1. The van der Waals surface area contributed by atoms with Crippen LogP contribution in [-0.2, 0) is 4.74 Å². The van der Waals surface area contributed by atoms with Gasteiger partial charge in [-0.05, 0) is 36.5 Å². The van der Waals surface area contributed by atoms with E-state index in [0.717, 1.165) is 12.1 Å². The molecule has 1 aliphatic heterocycles. The molecule has 3 rings (SSSR count). The normalized spacial score (nSPS) is 22.6. The van der Waals surface area contributed by atoms with Gasteiger partial charge in [0.15, 0.2) is 0 Å². The Bertz CT molecular complexity index is 491. The molecule has 0 bridgehead atoms. The average molecular weight is 278 g/mol. The molecule has 5 heteroatoms. The maximum Gasteiger partial charge on any atom is 0.317 e. The van der Waals surface area contributed by atoms with Gasteiger partial charge < -0.3 is 15.0 Å². The lowest BCUT2D eigenvalue weighted by molar-refractivity contribution is -0.0155. The molecule has 2 amide bonds. The number of ether oxygens (including phenoxy) is 1. The van der Waals surface area contributed by atoms with Gasteiger partial charge in [0.2, 0.25) is 0 Å². The quantitative estimate of drug-likeness (QED) is 0.922. The molecule has 2 aliphatic rings. The number of nitrogens with zero attached hydrogens (tertiary/aromatic N) is 1. The highest BCUT2D eigenvalue weighted by atomic mass is 19.1. The molecule has 0 spiro atoms. The zero-order valence-electron chi connectivity index (χ0n) is 11.3. The summed E-state index contributed by atoms with van der Waals surface area (Å²) in [6, 6.07) is 6.34. The van der Waals surface area contributed by atoms with E-state index in [1.54, 1.807) is 11.0 Å². The summed E-state index contributed by atoms with van der Waals surface area (Å²) in [5.74, 6) is 0.389. The molecule has 2 fully saturated rings. The highest BCUT2D eigenvalue weighted by Crippen LogP contribution is 2.28. The van der Waals surface area contributed by atoms with E-state index in [1.165, 1.54) is 25.0 Å². The van der Waals surface area contributed by atoms with Crippen molar-refractivity contribution in [2.24, 2.45) is 5.92 Å². The Morgan fingerprint density at radius 1 is 1.45 bits per heavy atom. The standard InChI is InChI=1S/C15H19FN2O2/c16-13-3-1-2-12(8-13)14-10-18(6-7-20-14)15(19)17-9-11-4-5-11/h1-3,8,11,14H,4-7,9-10H2,(H,17,19)/t14-/m1/s1. The molecule has 1 atom stereocenters. The molecule has 108 valence electrons. The van der Waals surface area contributed by atoms with Crippen molar-refractivity contribution in [3.8, 4) is 0 Å². The summed E-state index contributed by atoms with van der Waals surface area (Å²) in [6.45, 7) is 2.31. The van der Waals surface area contributed by atoms with Gasteiger partial charge in [-0.3, -0.25) is 0 Å². The molecule has 20 heavy (non-hydrogen) atoms. The molecule has 1 aromatic rings. The van der Waals surface area contributed by atoms with Gasteiger partial charge >= 0.3 is 6.03 Å². The van der Waals surface area contributed by atoms with Crippen LogP contribution < -0.4 is 5.32 Å². The van der Waals surface area contributed by atoms with Crippen LogP contribution in [0.25, 0.3) is 0 Å². The number of hydrogen-bond acceptors (Lipinski definition) is 2. The van der Waals surface area contributed by atoms with Gasteiger partial charge in [-0.2, -0.15) is 0 Å². The van der Waals surface area contributed by atoms with Crippen molar-refractivity contribution in [3.05, 3.63) is 35.6 Å². The number of nitrogens with one attached hydrogen (secondary N) is 1. The summed E-state index contributed by atoms with van der Waals surface area (Å²) >= 11 is 0. The van der Waals surface area contributed by atoms with Crippen LogP contribution in [-0.4, -0.2) is 37.2 Å². The molecule has 1 aliphatic carbocycles. The third-order valence-electron chi connectivity index (χ3n) is 3.81. The number of rotatable bonds is 3. The molecule has 0 unspecified atom stereocenters. The van der Waals surface area contributed by atoms with Crippen LogP contribution in [0.1, 0.15) is 24.5 Å². The summed E-state index contributed by atoms with van der Waals surface area (Å²) in [5.41, 5.74) is 0.782. The van der Waals surface area contributed by atoms with Crippen LogP contribution in [0.4, 0.5) is 9.18 Å². The summed E-state index contributed by atoms with van der Waals surface area (Å²) in [7, 11) is 0. The van der Waals surface area contributed by atoms with Crippen molar-refractivity contribution in [3.63, 3.8) is 0 Å². The number of urea groups is 1. The fourth-order valence-corrected chi connectivity index (χ4v) is 2.41. The van der Waals surface area contributed by atoms with E-state index < -0.39 is 0 Å². The Labute approximate surface area is 117 Å². The predicted octanol–water partition coefficient (Wildman–Crippen LogP) is 2.32. The zero-order valence-corrected chi connectivity index (χ0v) is 11.3. The van der Waals surface area contributed by atoms with Crippen molar-refractivity contribution in [1.29, 1.82) is 0 Å². The zero-order chi connectivity index (χ0) is 13.9. The molecular weight excluding hydrogens is 259 g/mol. The number of carbonyl (C=O) groups is 1. The molecule has 0 aromatic heterocycles. The van der Waals surface area contributed by atoms with Crippen molar-refractivity contribution in [2.45, 2.75) is 18.9 Å². The first-order chi connectivity index (χ1) is 9.72. The van der Waals surface area contributed by atoms with Gasteiger partial charge in [0.05, 0.1) is 13.2 Å². The number of carbonyl (C=O) groups excluding carboxylic acids is 1. The van der Waals surface area contributed by atoms with E-state index in [4.69, 9.17) is 4.74 Å². The fourth-order valence-electron chi connectivity index (χ4n) is 2.41. The first-order valence-electron chi connectivity index (χ1n) is 7.12. The third kappa shape index (κ3) is 3.28. The van der Waals surface area contributed by atoms with E-state index >= 15 is 0 Å². The number of amides is 2. The molecule has 1 saturated heterocycles. The predicted molar refractivity (Wildman–Crippen MR) is 72.8 cm³/mol. The van der Waals surface area contributed by atoms with Gasteiger partial charge in [0.1, 0.15) is 11.9 Å².